The van der Waals surface area contributed by atoms with Crippen LogP contribution in [0.1, 0.15) is 39.0 Å². The lowest BCUT2D eigenvalue weighted by atomic mass is 10.2. The van der Waals surface area contributed by atoms with Gasteiger partial charge in [0, 0.05) is 51.0 Å². The normalized spacial score (nSPS) is 22.0. The van der Waals surface area contributed by atoms with Crippen molar-refractivity contribution in [2.24, 2.45) is 0 Å². The number of benzene rings is 1. The summed E-state index contributed by atoms with van der Waals surface area (Å²) in [4.78, 5) is 29.3. The fourth-order valence-corrected chi connectivity index (χ4v) is 5.91. The molecule has 3 aliphatic rings. The Labute approximate surface area is 196 Å². The SMILES string of the molecule is C[C@@H](C(=O)Nc1ccc(S(=O)(=O)N2CCCCC2)cc1)N1CCN(CC(=O)NC2CC2)CC1. The number of rotatable bonds is 8. The average Bonchev–Trinajstić information content (AvgIpc) is 3.64. The molecule has 0 spiro atoms. The molecule has 1 aromatic rings. The molecule has 10 heteroatoms. The molecule has 1 atom stereocenters. The third kappa shape index (κ3) is 6.32. The number of amides is 2. The molecule has 1 saturated carbocycles. The maximum absolute atomic E-state index is 12.8. The van der Waals surface area contributed by atoms with Crippen LogP contribution in [0, 0.1) is 0 Å². The Morgan fingerprint density at radius 3 is 2.21 bits per heavy atom. The van der Waals surface area contributed by atoms with Crippen LogP contribution in [0.5, 0.6) is 0 Å². The third-order valence-electron chi connectivity index (χ3n) is 6.72. The van der Waals surface area contributed by atoms with Crippen LogP contribution in [0.15, 0.2) is 29.2 Å². The largest absolute Gasteiger partial charge is 0.352 e. The fraction of sp³-hybridized carbons (Fsp3) is 0.652. The lowest BCUT2D eigenvalue weighted by molar-refractivity contribution is -0.124. The van der Waals surface area contributed by atoms with Gasteiger partial charge in [0.05, 0.1) is 17.5 Å². The Balaban J connectivity index is 1.25. The zero-order valence-electron chi connectivity index (χ0n) is 19.3. The molecular formula is C23H35N5O4S. The molecule has 2 saturated heterocycles. The smallest absolute Gasteiger partial charge is 0.243 e. The summed E-state index contributed by atoms with van der Waals surface area (Å²) in [5.74, 6) is -0.0379. The second kappa shape index (κ2) is 10.5. The summed E-state index contributed by atoms with van der Waals surface area (Å²) in [5.41, 5.74) is 0.583. The van der Waals surface area contributed by atoms with Crippen molar-refractivity contribution in [2.75, 3.05) is 51.1 Å². The Morgan fingerprint density at radius 2 is 1.61 bits per heavy atom. The Kier molecular flexibility index (Phi) is 7.68. The molecule has 2 N–H and O–H groups in total. The first kappa shape index (κ1) is 24.1. The van der Waals surface area contributed by atoms with Gasteiger partial charge in [-0.15, -0.1) is 0 Å². The third-order valence-corrected chi connectivity index (χ3v) is 8.63. The van der Waals surface area contributed by atoms with Gasteiger partial charge in [0.2, 0.25) is 21.8 Å². The van der Waals surface area contributed by atoms with Crippen LogP contribution in [0.4, 0.5) is 5.69 Å². The van der Waals surface area contributed by atoms with Gasteiger partial charge in [0.15, 0.2) is 0 Å². The molecule has 0 unspecified atom stereocenters. The number of hydrogen-bond acceptors (Lipinski definition) is 6. The molecule has 3 fully saturated rings. The number of nitrogens with one attached hydrogen (secondary N) is 2. The minimum Gasteiger partial charge on any atom is -0.352 e. The van der Waals surface area contributed by atoms with Gasteiger partial charge in [0.1, 0.15) is 0 Å². The summed E-state index contributed by atoms with van der Waals surface area (Å²) >= 11 is 0. The molecule has 0 radical (unpaired) electrons. The van der Waals surface area contributed by atoms with E-state index in [2.05, 4.69) is 20.4 Å². The highest BCUT2D eigenvalue weighted by molar-refractivity contribution is 7.89. The van der Waals surface area contributed by atoms with E-state index in [-0.39, 0.29) is 22.8 Å². The number of carbonyl (C=O) groups excluding carboxylic acids is 2. The van der Waals surface area contributed by atoms with Crippen LogP contribution in [-0.4, -0.2) is 92.2 Å². The van der Waals surface area contributed by atoms with E-state index in [9.17, 15) is 18.0 Å². The van der Waals surface area contributed by atoms with Crippen LogP contribution in [0.2, 0.25) is 0 Å². The van der Waals surface area contributed by atoms with Gasteiger partial charge in [-0.3, -0.25) is 19.4 Å². The van der Waals surface area contributed by atoms with Crippen LogP contribution in [0.3, 0.4) is 0 Å². The second-order valence-corrected chi connectivity index (χ2v) is 11.2. The molecule has 2 heterocycles. The first-order chi connectivity index (χ1) is 15.8. The van der Waals surface area contributed by atoms with Crippen LogP contribution >= 0.6 is 0 Å². The quantitative estimate of drug-likeness (QED) is 0.581. The Hall–Kier alpha value is -2.01. The number of sulfonamides is 1. The summed E-state index contributed by atoms with van der Waals surface area (Å²) in [6.45, 7) is 6.36. The van der Waals surface area contributed by atoms with Crippen LogP contribution < -0.4 is 10.6 Å². The molecule has 33 heavy (non-hydrogen) atoms. The van der Waals surface area contributed by atoms with Crippen molar-refractivity contribution < 1.29 is 18.0 Å². The summed E-state index contributed by atoms with van der Waals surface area (Å²) in [5, 5.41) is 5.92. The molecule has 9 nitrogen and oxygen atoms in total. The van der Waals surface area contributed by atoms with E-state index in [1.807, 2.05) is 6.92 Å². The Bertz CT molecular complexity index is 934. The number of nitrogens with zero attached hydrogens (tertiary/aromatic N) is 3. The topological polar surface area (TPSA) is 102 Å². The second-order valence-electron chi connectivity index (χ2n) is 9.31. The molecule has 182 valence electrons. The van der Waals surface area contributed by atoms with Crippen molar-refractivity contribution in [2.45, 2.75) is 56.0 Å². The van der Waals surface area contributed by atoms with E-state index < -0.39 is 10.0 Å². The highest BCUT2D eigenvalue weighted by atomic mass is 32.2. The van der Waals surface area contributed by atoms with Gasteiger partial charge in [-0.25, -0.2) is 8.42 Å². The summed E-state index contributed by atoms with van der Waals surface area (Å²) in [7, 11) is -3.48. The van der Waals surface area contributed by atoms with Crippen molar-refractivity contribution in [3.05, 3.63) is 24.3 Å². The summed E-state index contributed by atoms with van der Waals surface area (Å²) < 4.78 is 27.1. The minimum absolute atomic E-state index is 0.0856. The molecule has 1 aromatic carbocycles. The zero-order chi connectivity index (χ0) is 23.4. The van der Waals surface area contributed by atoms with Gasteiger partial charge in [-0.2, -0.15) is 4.31 Å². The van der Waals surface area contributed by atoms with Crippen molar-refractivity contribution in [3.63, 3.8) is 0 Å². The van der Waals surface area contributed by atoms with E-state index >= 15 is 0 Å². The average molecular weight is 478 g/mol. The van der Waals surface area contributed by atoms with E-state index in [1.54, 1.807) is 28.6 Å². The number of piperidine rings is 1. The van der Waals surface area contributed by atoms with Gasteiger partial charge < -0.3 is 10.6 Å². The van der Waals surface area contributed by atoms with E-state index in [1.165, 1.54) is 0 Å². The fourth-order valence-electron chi connectivity index (χ4n) is 4.39. The highest BCUT2D eigenvalue weighted by Crippen LogP contribution is 2.22. The first-order valence-corrected chi connectivity index (χ1v) is 13.4. The van der Waals surface area contributed by atoms with Crippen molar-refractivity contribution in [1.29, 1.82) is 0 Å². The first-order valence-electron chi connectivity index (χ1n) is 12.0. The molecule has 2 aliphatic heterocycles. The number of hydrogen-bond donors (Lipinski definition) is 2. The molecule has 0 bridgehead atoms. The number of anilines is 1. The maximum atomic E-state index is 12.8. The van der Waals surface area contributed by atoms with Crippen molar-refractivity contribution in [1.82, 2.24) is 19.4 Å². The molecule has 4 rings (SSSR count). The summed E-state index contributed by atoms with van der Waals surface area (Å²) in [6.07, 6.45) is 5.03. The van der Waals surface area contributed by atoms with E-state index in [4.69, 9.17) is 0 Å². The molecule has 0 aromatic heterocycles. The highest BCUT2D eigenvalue weighted by Gasteiger charge is 2.29. The lowest BCUT2D eigenvalue weighted by Gasteiger charge is -2.37. The maximum Gasteiger partial charge on any atom is 0.243 e. The number of carbonyl (C=O) groups is 2. The van der Waals surface area contributed by atoms with E-state index in [0.29, 0.717) is 31.4 Å². The lowest BCUT2D eigenvalue weighted by Crippen LogP contribution is -2.54. The minimum atomic E-state index is -3.48. The molecule has 1 aliphatic carbocycles. The van der Waals surface area contributed by atoms with Gasteiger partial charge >= 0.3 is 0 Å². The predicted molar refractivity (Wildman–Crippen MR) is 126 cm³/mol. The molecule has 2 amide bonds. The Morgan fingerprint density at radius 1 is 0.970 bits per heavy atom. The standard InChI is InChI=1S/C23H35N5O4S/c1-18(27-15-13-26(14-16-27)17-22(29)24-19-5-6-19)23(30)25-20-7-9-21(10-8-20)33(31,32)28-11-3-2-4-12-28/h7-10,18-19H,2-6,11-17H2,1H3,(H,24,29)(H,25,30)/t18-/m0/s1. The number of piperazine rings is 1. The monoisotopic (exact) mass is 477 g/mol. The van der Waals surface area contributed by atoms with Crippen molar-refractivity contribution >= 4 is 27.5 Å². The predicted octanol–water partition coefficient (Wildman–Crippen LogP) is 1.08. The molecular weight excluding hydrogens is 442 g/mol. The zero-order valence-corrected chi connectivity index (χ0v) is 20.1. The van der Waals surface area contributed by atoms with Crippen molar-refractivity contribution in [3.8, 4) is 0 Å². The van der Waals surface area contributed by atoms with Gasteiger partial charge in [-0.1, -0.05) is 6.42 Å². The van der Waals surface area contributed by atoms with Gasteiger partial charge in [0.25, 0.3) is 0 Å². The summed E-state index contributed by atoms with van der Waals surface area (Å²) in [6, 6.07) is 6.49. The van der Waals surface area contributed by atoms with Gasteiger partial charge in [-0.05, 0) is 56.9 Å². The van der Waals surface area contributed by atoms with Crippen LogP contribution in [-0.2, 0) is 19.6 Å². The van der Waals surface area contributed by atoms with E-state index in [0.717, 1.165) is 58.3 Å². The van der Waals surface area contributed by atoms with Crippen LogP contribution in [0.25, 0.3) is 0 Å².